The summed E-state index contributed by atoms with van der Waals surface area (Å²) in [4.78, 5) is 10.8. The molecule has 0 aromatic heterocycles. The molecule has 0 unspecified atom stereocenters. The molecule has 0 radical (unpaired) electrons. The van der Waals surface area contributed by atoms with Gasteiger partial charge in [-0.25, -0.2) is 4.79 Å². The van der Waals surface area contributed by atoms with Crippen LogP contribution >= 0.6 is 0 Å². The van der Waals surface area contributed by atoms with E-state index in [1.54, 1.807) is 0 Å². The van der Waals surface area contributed by atoms with Crippen LogP contribution in [0.5, 0.6) is 0 Å². The van der Waals surface area contributed by atoms with Crippen LogP contribution in [0.2, 0.25) is 0 Å². The Labute approximate surface area is 99.0 Å². The maximum absolute atomic E-state index is 10.8. The summed E-state index contributed by atoms with van der Waals surface area (Å²) in [5.74, 6) is -1.37. The van der Waals surface area contributed by atoms with Crippen LogP contribution in [0.1, 0.15) is 19.8 Å². The number of aliphatic hydroxyl groups excluding tert-OH is 3. The summed E-state index contributed by atoms with van der Waals surface area (Å²) in [5.41, 5.74) is 0. The van der Waals surface area contributed by atoms with Crippen LogP contribution < -0.4 is 5.32 Å². The first-order chi connectivity index (χ1) is 7.99. The number of rotatable bonds is 5. The molecule has 5 atom stereocenters. The third-order valence-electron chi connectivity index (χ3n) is 2.73. The van der Waals surface area contributed by atoms with Crippen molar-refractivity contribution in [1.29, 1.82) is 0 Å². The summed E-state index contributed by atoms with van der Waals surface area (Å²) >= 11 is 0. The summed E-state index contributed by atoms with van der Waals surface area (Å²) in [6, 6.07) is 0. The lowest BCUT2D eigenvalue weighted by molar-refractivity contribution is -0.233. The van der Waals surface area contributed by atoms with Gasteiger partial charge >= 0.3 is 5.97 Å². The van der Waals surface area contributed by atoms with Gasteiger partial charge < -0.3 is 25.2 Å². The first-order valence-electron chi connectivity index (χ1n) is 5.65. The number of carboxylic acids is 1. The third-order valence-corrected chi connectivity index (χ3v) is 2.73. The zero-order valence-corrected chi connectivity index (χ0v) is 9.61. The summed E-state index contributed by atoms with van der Waals surface area (Å²) in [5, 5.41) is 40.1. The van der Waals surface area contributed by atoms with Gasteiger partial charge in [0.05, 0.1) is 0 Å². The molecule has 100 valence electrons. The normalized spacial score (nSPS) is 38.0. The average molecular weight is 249 g/mol. The number of ether oxygens (including phenoxy) is 1. The number of hydrogen-bond donors (Lipinski definition) is 5. The summed E-state index contributed by atoms with van der Waals surface area (Å²) in [7, 11) is 0. The van der Waals surface area contributed by atoms with Gasteiger partial charge in [0.2, 0.25) is 0 Å². The van der Waals surface area contributed by atoms with Gasteiger partial charge in [-0.05, 0) is 13.0 Å². The Morgan fingerprint density at radius 3 is 2.41 bits per heavy atom. The van der Waals surface area contributed by atoms with Gasteiger partial charge in [-0.1, -0.05) is 13.3 Å². The Bertz CT molecular complexity index is 261. The van der Waals surface area contributed by atoms with Crippen molar-refractivity contribution in [3.8, 4) is 0 Å². The van der Waals surface area contributed by atoms with Gasteiger partial charge in [-0.2, -0.15) is 0 Å². The van der Waals surface area contributed by atoms with E-state index in [0.29, 0.717) is 6.54 Å². The minimum absolute atomic E-state index is 0.535. The number of nitrogens with one attached hydrogen (secondary N) is 1. The Balaban J connectivity index is 2.61. The van der Waals surface area contributed by atoms with E-state index in [9.17, 15) is 20.1 Å². The lowest BCUT2D eigenvalue weighted by Gasteiger charge is -2.39. The predicted molar refractivity (Wildman–Crippen MR) is 57.2 cm³/mol. The number of hydrogen-bond acceptors (Lipinski definition) is 6. The first kappa shape index (κ1) is 14.3. The molecule has 0 aromatic rings. The highest BCUT2D eigenvalue weighted by Gasteiger charge is 2.46. The zero-order chi connectivity index (χ0) is 13.0. The zero-order valence-electron chi connectivity index (χ0n) is 9.61. The molecular weight excluding hydrogens is 230 g/mol. The van der Waals surface area contributed by atoms with Crippen molar-refractivity contribution >= 4 is 5.97 Å². The van der Waals surface area contributed by atoms with E-state index in [0.717, 1.165) is 12.8 Å². The largest absolute Gasteiger partial charge is 0.479 e. The summed E-state index contributed by atoms with van der Waals surface area (Å²) in [6.45, 7) is 2.52. The van der Waals surface area contributed by atoms with Crippen LogP contribution in [0.4, 0.5) is 0 Å². The third kappa shape index (κ3) is 3.36. The maximum Gasteiger partial charge on any atom is 0.335 e. The van der Waals surface area contributed by atoms with Crippen LogP contribution in [0.25, 0.3) is 0 Å². The van der Waals surface area contributed by atoms with E-state index in [-0.39, 0.29) is 0 Å². The highest BCUT2D eigenvalue weighted by Crippen LogP contribution is 2.20. The quantitative estimate of drug-likeness (QED) is 0.367. The molecule has 0 aliphatic carbocycles. The minimum Gasteiger partial charge on any atom is -0.479 e. The maximum atomic E-state index is 10.8. The highest BCUT2D eigenvalue weighted by molar-refractivity contribution is 5.73. The molecule has 1 fully saturated rings. The van der Waals surface area contributed by atoms with Crippen LogP contribution in [0.3, 0.4) is 0 Å². The van der Waals surface area contributed by atoms with Crippen molar-refractivity contribution < 1.29 is 30.0 Å². The fourth-order valence-electron chi connectivity index (χ4n) is 1.67. The van der Waals surface area contributed by atoms with Gasteiger partial charge in [0.1, 0.15) is 24.5 Å². The van der Waals surface area contributed by atoms with Crippen LogP contribution in [0.15, 0.2) is 0 Å². The van der Waals surface area contributed by atoms with Gasteiger partial charge in [-0.15, -0.1) is 0 Å². The molecule has 17 heavy (non-hydrogen) atoms. The average Bonchev–Trinajstić information content (AvgIpc) is 2.29. The van der Waals surface area contributed by atoms with Crippen molar-refractivity contribution in [1.82, 2.24) is 5.32 Å². The van der Waals surface area contributed by atoms with Gasteiger partial charge in [0, 0.05) is 0 Å². The molecule has 7 nitrogen and oxygen atoms in total. The lowest BCUT2D eigenvalue weighted by Crippen LogP contribution is -2.63. The number of carboxylic acid groups (broad SMARTS) is 1. The number of carbonyl (C=O) groups is 1. The van der Waals surface area contributed by atoms with E-state index in [2.05, 4.69) is 5.32 Å². The second-order valence-corrected chi connectivity index (χ2v) is 4.09. The van der Waals surface area contributed by atoms with Gasteiger partial charge in [0.15, 0.2) is 6.10 Å². The van der Waals surface area contributed by atoms with Crippen molar-refractivity contribution in [2.75, 3.05) is 6.54 Å². The second kappa shape index (κ2) is 6.27. The molecule has 0 aromatic carbocycles. The molecular formula is C10H19NO6. The predicted octanol–water partition coefficient (Wildman–Crippen LogP) is -1.73. The number of aliphatic hydroxyl groups is 3. The minimum atomic E-state index is -1.63. The molecule has 5 N–H and O–H groups in total. The van der Waals surface area contributed by atoms with E-state index in [4.69, 9.17) is 9.84 Å². The molecule has 1 aliphatic heterocycles. The Morgan fingerprint density at radius 2 is 1.88 bits per heavy atom. The van der Waals surface area contributed by atoms with E-state index < -0.39 is 36.6 Å². The second-order valence-electron chi connectivity index (χ2n) is 4.09. The lowest BCUT2D eigenvalue weighted by atomic mass is 9.98. The monoisotopic (exact) mass is 249 g/mol. The van der Waals surface area contributed by atoms with Crippen molar-refractivity contribution in [2.45, 2.75) is 50.4 Å². The van der Waals surface area contributed by atoms with E-state index in [1.807, 2.05) is 6.92 Å². The molecule has 1 saturated heterocycles. The van der Waals surface area contributed by atoms with E-state index >= 15 is 0 Å². The summed E-state index contributed by atoms with van der Waals surface area (Å²) in [6.07, 6.45) is -5.27. The highest BCUT2D eigenvalue weighted by atomic mass is 16.6. The Hall–Kier alpha value is -0.730. The van der Waals surface area contributed by atoms with E-state index in [1.165, 1.54) is 0 Å². The Morgan fingerprint density at radius 1 is 1.24 bits per heavy atom. The molecule has 0 spiro atoms. The summed E-state index contributed by atoms with van der Waals surface area (Å²) < 4.78 is 5.02. The topological polar surface area (TPSA) is 119 Å². The molecule has 1 heterocycles. The molecule has 0 saturated carbocycles. The molecule has 1 rings (SSSR count). The van der Waals surface area contributed by atoms with Gasteiger partial charge in [0.25, 0.3) is 0 Å². The number of aliphatic carboxylic acids is 1. The van der Waals surface area contributed by atoms with Crippen molar-refractivity contribution in [2.24, 2.45) is 0 Å². The standard InChI is InChI=1S/C10H19NO6/c1-2-3-4-11-9-7(14)5(12)6(13)8(17-9)10(15)16/h5-9,11-14H,2-4H2,1H3,(H,15,16)/t5-,6-,7+,8-,9+/m0/s1. The first-order valence-corrected chi connectivity index (χ1v) is 5.65. The van der Waals surface area contributed by atoms with Crippen molar-refractivity contribution in [3.63, 3.8) is 0 Å². The fourth-order valence-corrected chi connectivity index (χ4v) is 1.67. The van der Waals surface area contributed by atoms with Crippen molar-refractivity contribution in [3.05, 3.63) is 0 Å². The molecule has 0 amide bonds. The van der Waals surface area contributed by atoms with Crippen LogP contribution in [-0.2, 0) is 9.53 Å². The SMILES string of the molecule is CCCCN[C@@H]1O[C@H](C(=O)O)[C@@H](O)[C@H](O)[C@H]1O. The van der Waals surface area contributed by atoms with Crippen LogP contribution in [-0.4, -0.2) is 63.6 Å². The molecule has 0 bridgehead atoms. The van der Waals surface area contributed by atoms with Crippen LogP contribution in [0, 0.1) is 0 Å². The Kier molecular flexibility index (Phi) is 5.29. The molecule has 1 aliphatic rings. The molecule has 7 heteroatoms. The smallest absolute Gasteiger partial charge is 0.335 e. The fraction of sp³-hybridized carbons (Fsp3) is 0.900. The van der Waals surface area contributed by atoms with Gasteiger partial charge in [-0.3, -0.25) is 5.32 Å². The number of unbranched alkanes of at least 4 members (excludes halogenated alkanes) is 1.